The summed E-state index contributed by atoms with van der Waals surface area (Å²) in [5.74, 6) is 0. The first-order valence-electron chi connectivity index (χ1n) is 4.97. The minimum absolute atomic E-state index is 0.759. The Labute approximate surface area is 113 Å². The molecule has 0 spiro atoms. The van der Waals surface area contributed by atoms with Crippen LogP contribution in [0.5, 0.6) is 0 Å². The van der Waals surface area contributed by atoms with Gasteiger partial charge in [-0.05, 0) is 36.1 Å². The van der Waals surface area contributed by atoms with Crippen LogP contribution in [0.15, 0.2) is 40.2 Å². The fraction of sp³-hybridized carbons (Fsp3) is 0.167. The molecule has 0 aliphatic carbocycles. The SMILES string of the molecule is Clc1ccc(Br)cc1NCCc1cccs1. The highest BCUT2D eigenvalue weighted by Crippen LogP contribution is 2.25. The van der Waals surface area contributed by atoms with Crippen molar-refractivity contribution < 1.29 is 0 Å². The standard InChI is InChI=1S/C12H11BrClNS/c13-9-3-4-11(14)12(8-9)15-6-5-10-2-1-7-16-10/h1-4,7-8,15H,5-6H2. The maximum Gasteiger partial charge on any atom is 0.0638 e. The van der Waals surface area contributed by atoms with Crippen LogP contribution in [0.4, 0.5) is 5.69 Å². The van der Waals surface area contributed by atoms with Crippen molar-refractivity contribution >= 4 is 44.6 Å². The molecule has 2 aromatic rings. The third-order valence-corrected chi connectivity index (χ3v) is 3.95. The molecule has 0 fully saturated rings. The van der Waals surface area contributed by atoms with E-state index in [0.29, 0.717) is 0 Å². The Balaban J connectivity index is 1.92. The summed E-state index contributed by atoms with van der Waals surface area (Å²) in [4.78, 5) is 1.39. The smallest absolute Gasteiger partial charge is 0.0638 e. The highest BCUT2D eigenvalue weighted by atomic mass is 79.9. The van der Waals surface area contributed by atoms with Crippen molar-refractivity contribution in [3.63, 3.8) is 0 Å². The van der Waals surface area contributed by atoms with E-state index in [4.69, 9.17) is 11.6 Å². The zero-order chi connectivity index (χ0) is 11.4. The molecule has 0 saturated carbocycles. The van der Waals surface area contributed by atoms with Crippen LogP contribution < -0.4 is 5.32 Å². The third-order valence-electron chi connectivity index (χ3n) is 2.20. The quantitative estimate of drug-likeness (QED) is 0.853. The number of nitrogens with one attached hydrogen (secondary N) is 1. The first-order valence-corrected chi connectivity index (χ1v) is 7.02. The summed E-state index contributed by atoms with van der Waals surface area (Å²) in [6.07, 6.45) is 1.03. The second kappa shape index (κ2) is 5.71. The van der Waals surface area contributed by atoms with Crippen LogP contribution in [-0.2, 0) is 6.42 Å². The first kappa shape index (κ1) is 12.0. The van der Waals surface area contributed by atoms with Crippen molar-refractivity contribution in [2.75, 3.05) is 11.9 Å². The number of anilines is 1. The normalized spacial score (nSPS) is 10.4. The van der Waals surface area contributed by atoms with Crippen LogP contribution in [0.1, 0.15) is 4.88 Å². The molecule has 0 saturated heterocycles. The third kappa shape index (κ3) is 3.24. The summed E-state index contributed by atoms with van der Waals surface area (Å²) < 4.78 is 1.04. The van der Waals surface area contributed by atoms with Gasteiger partial charge in [-0.15, -0.1) is 11.3 Å². The molecule has 1 N–H and O–H groups in total. The molecule has 0 amide bonds. The van der Waals surface area contributed by atoms with E-state index in [0.717, 1.165) is 28.1 Å². The Morgan fingerprint density at radius 1 is 1.31 bits per heavy atom. The Bertz CT molecular complexity index is 456. The number of halogens is 2. The highest BCUT2D eigenvalue weighted by molar-refractivity contribution is 9.10. The molecule has 2 rings (SSSR count). The van der Waals surface area contributed by atoms with E-state index in [1.807, 2.05) is 18.2 Å². The lowest BCUT2D eigenvalue weighted by Gasteiger charge is -2.07. The van der Waals surface area contributed by atoms with Crippen molar-refractivity contribution in [2.24, 2.45) is 0 Å². The zero-order valence-electron chi connectivity index (χ0n) is 8.54. The Morgan fingerprint density at radius 2 is 2.19 bits per heavy atom. The van der Waals surface area contributed by atoms with Crippen molar-refractivity contribution in [1.29, 1.82) is 0 Å². The lowest BCUT2D eigenvalue weighted by atomic mass is 10.3. The van der Waals surface area contributed by atoms with Gasteiger partial charge in [-0.3, -0.25) is 0 Å². The van der Waals surface area contributed by atoms with Crippen molar-refractivity contribution in [2.45, 2.75) is 6.42 Å². The van der Waals surface area contributed by atoms with Gasteiger partial charge in [-0.2, -0.15) is 0 Å². The van der Waals surface area contributed by atoms with Gasteiger partial charge < -0.3 is 5.32 Å². The van der Waals surface area contributed by atoms with E-state index < -0.39 is 0 Å². The fourth-order valence-corrected chi connectivity index (χ4v) is 2.66. The molecular weight excluding hydrogens is 306 g/mol. The number of rotatable bonds is 4. The van der Waals surface area contributed by atoms with Crippen molar-refractivity contribution in [3.8, 4) is 0 Å². The molecule has 0 aliphatic rings. The topological polar surface area (TPSA) is 12.0 Å². The van der Waals surface area contributed by atoms with E-state index in [1.165, 1.54) is 4.88 Å². The summed E-state index contributed by atoms with van der Waals surface area (Å²) in [6.45, 7) is 0.899. The summed E-state index contributed by atoms with van der Waals surface area (Å²) in [6, 6.07) is 10.0. The van der Waals surface area contributed by atoms with Gasteiger partial charge in [0.1, 0.15) is 0 Å². The van der Waals surface area contributed by atoms with Gasteiger partial charge in [0.25, 0.3) is 0 Å². The monoisotopic (exact) mass is 315 g/mol. The molecule has 4 heteroatoms. The van der Waals surface area contributed by atoms with E-state index in [1.54, 1.807) is 11.3 Å². The van der Waals surface area contributed by atoms with Crippen LogP contribution in [0.2, 0.25) is 5.02 Å². The Morgan fingerprint density at radius 3 is 2.94 bits per heavy atom. The molecular formula is C12H11BrClNS. The lowest BCUT2D eigenvalue weighted by molar-refractivity contribution is 1.04. The average molecular weight is 317 g/mol. The van der Waals surface area contributed by atoms with E-state index >= 15 is 0 Å². The lowest BCUT2D eigenvalue weighted by Crippen LogP contribution is -2.04. The molecule has 1 aromatic heterocycles. The molecule has 0 aliphatic heterocycles. The predicted molar refractivity (Wildman–Crippen MR) is 75.7 cm³/mol. The number of benzene rings is 1. The van der Waals surface area contributed by atoms with Gasteiger partial charge in [-0.1, -0.05) is 33.6 Å². The predicted octanol–water partition coefficient (Wildman–Crippen LogP) is 4.82. The molecule has 1 heterocycles. The highest BCUT2D eigenvalue weighted by Gasteiger charge is 2.00. The second-order valence-electron chi connectivity index (χ2n) is 3.38. The second-order valence-corrected chi connectivity index (χ2v) is 5.74. The Kier molecular flexibility index (Phi) is 4.27. The summed E-state index contributed by atoms with van der Waals surface area (Å²) >= 11 is 11.3. The van der Waals surface area contributed by atoms with Gasteiger partial charge in [0.2, 0.25) is 0 Å². The maximum absolute atomic E-state index is 6.08. The van der Waals surface area contributed by atoms with Gasteiger partial charge in [0, 0.05) is 15.9 Å². The minimum Gasteiger partial charge on any atom is -0.383 e. The van der Waals surface area contributed by atoms with Crippen LogP contribution in [0, 0.1) is 0 Å². The zero-order valence-corrected chi connectivity index (χ0v) is 11.7. The van der Waals surface area contributed by atoms with E-state index in [9.17, 15) is 0 Å². The largest absolute Gasteiger partial charge is 0.383 e. The number of thiophene rings is 1. The van der Waals surface area contributed by atoms with Crippen molar-refractivity contribution in [1.82, 2.24) is 0 Å². The van der Waals surface area contributed by atoms with Gasteiger partial charge in [-0.25, -0.2) is 0 Å². The summed E-state index contributed by atoms with van der Waals surface area (Å²) in [5.41, 5.74) is 0.979. The molecule has 1 aromatic carbocycles. The minimum atomic E-state index is 0.759. The van der Waals surface area contributed by atoms with Crippen LogP contribution >= 0.6 is 38.9 Å². The Hall–Kier alpha value is -0.510. The van der Waals surface area contributed by atoms with Crippen molar-refractivity contribution in [3.05, 3.63) is 50.1 Å². The molecule has 1 nitrogen and oxygen atoms in total. The van der Waals surface area contributed by atoms with Gasteiger partial charge >= 0.3 is 0 Å². The maximum atomic E-state index is 6.08. The van der Waals surface area contributed by atoms with Gasteiger partial charge in [0.15, 0.2) is 0 Å². The fourth-order valence-electron chi connectivity index (χ4n) is 1.41. The van der Waals surface area contributed by atoms with E-state index in [2.05, 4.69) is 38.8 Å². The van der Waals surface area contributed by atoms with Crippen LogP contribution in [0.25, 0.3) is 0 Å². The van der Waals surface area contributed by atoms with E-state index in [-0.39, 0.29) is 0 Å². The first-order chi connectivity index (χ1) is 7.75. The summed E-state index contributed by atoms with van der Waals surface area (Å²) in [7, 11) is 0. The molecule has 0 bridgehead atoms. The molecule has 84 valence electrons. The molecule has 0 unspecified atom stereocenters. The van der Waals surface area contributed by atoms with Gasteiger partial charge in [0.05, 0.1) is 10.7 Å². The van der Waals surface area contributed by atoms with Crippen LogP contribution in [0.3, 0.4) is 0 Å². The summed E-state index contributed by atoms with van der Waals surface area (Å²) in [5, 5.41) is 6.19. The van der Waals surface area contributed by atoms with Crippen LogP contribution in [-0.4, -0.2) is 6.54 Å². The number of hydrogen-bond donors (Lipinski definition) is 1. The molecule has 0 atom stereocenters. The average Bonchev–Trinajstić information content (AvgIpc) is 2.76. The molecule has 16 heavy (non-hydrogen) atoms. The number of hydrogen-bond acceptors (Lipinski definition) is 2. The molecule has 0 radical (unpaired) electrons.